The van der Waals surface area contributed by atoms with Crippen molar-refractivity contribution in [3.8, 4) is 0 Å². The fourth-order valence-corrected chi connectivity index (χ4v) is 1.27. The number of hydrogen-bond acceptors (Lipinski definition) is 2. The van der Waals surface area contributed by atoms with Crippen LogP contribution in [0, 0.1) is 0 Å². The third-order valence-corrected chi connectivity index (χ3v) is 3.00. The molecule has 0 heterocycles. The largest absolute Gasteiger partial charge is 0.380 e. The molecule has 0 amide bonds. The highest BCUT2D eigenvalue weighted by Gasteiger charge is 2.17. The lowest BCUT2D eigenvalue weighted by Crippen LogP contribution is -2.42. The van der Waals surface area contributed by atoms with Gasteiger partial charge < -0.3 is 10.1 Å². The van der Waals surface area contributed by atoms with E-state index in [9.17, 15) is 0 Å². The molecule has 0 saturated carbocycles. The first kappa shape index (κ1) is 13.9. The van der Waals surface area contributed by atoms with Gasteiger partial charge in [0.05, 0.1) is 6.61 Å². The highest BCUT2D eigenvalue weighted by molar-refractivity contribution is 4.79. The van der Waals surface area contributed by atoms with Gasteiger partial charge in [-0.05, 0) is 26.2 Å². The summed E-state index contributed by atoms with van der Waals surface area (Å²) in [6, 6.07) is 0. The van der Waals surface area contributed by atoms with Gasteiger partial charge in [-0.3, -0.25) is 0 Å². The topological polar surface area (TPSA) is 21.3 Å². The van der Waals surface area contributed by atoms with Crippen LogP contribution in [0.5, 0.6) is 0 Å². The lowest BCUT2D eigenvalue weighted by Gasteiger charge is -2.28. The van der Waals surface area contributed by atoms with Crippen molar-refractivity contribution < 1.29 is 4.74 Å². The van der Waals surface area contributed by atoms with Gasteiger partial charge in [-0.1, -0.05) is 27.2 Å². The monoisotopic (exact) mass is 201 g/mol. The van der Waals surface area contributed by atoms with E-state index in [0.717, 1.165) is 19.8 Å². The maximum absolute atomic E-state index is 5.50. The molecule has 2 heteroatoms. The first-order valence-corrected chi connectivity index (χ1v) is 6.01. The predicted octanol–water partition coefficient (Wildman–Crippen LogP) is 2.97. The average Bonchev–Trinajstić information content (AvgIpc) is 2.23. The Morgan fingerprint density at radius 2 is 1.71 bits per heavy atom. The summed E-state index contributed by atoms with van der Waals surface area (Å²) in [4.78, 5) is 0. The third kappa shape index (κ3) is 6.39. The van der Waals surface area contributed by atoms with Gasteiger partial charge in [0, 0.05) is 18.7 Å². The molecule has 0 rings (SSSR count). The Kier molecular flexibility index (Phi) is 8.20. The normalized spacial score (nSPS) is 12.0. The molecule has 0 aliphatic carbocycles. The molecular weight excluding hydrogens is 174 g/mol. The molecule has 86 valence electrons. The summed E-state index contributed by atoms with van der Waals surface area (Å²) in [7, 11) is 0. The maximum Gasteiger partial charge on any atom is 0.0591 e. The lowest BCUT2D eigenvalue weighted by atomic mass is 9.96. The Hall–Kier alpha value is -0.0800. The van der Waals surface area contributed by atoms with Crippen molar-refractivity contribution in [3.05, 3.63) is 0 Å². The average molecular weight is 201 g/mol. The quantitative estimate of drug-likeness (QED) is 0.579. The van der Waals surface area contributed by atoms with E-state index in [-0.39, 0.29) is 0 Å². The second kappa shape index (κ2) is 8.25. The molecule has 0 aromatic carbocycles. The fourth-order valence-electron chi connectivity index (χ4n) is 1.27. The summed E-state index contributed by atoms with van der Waals surface area (Å²) >= 11 is 0. The van der Waals surface area contributed by atoms with Crippen molar-refractivity contribution in [3.63, 3.8) is 0 Å². The van der Waals surface area contributed by atoms with Crippen LogP contribution in [0.3, 0.4) is 0 Å². The van der Waals surface area contributed by atoms with Crippen LogP contribution in [0.15, 0.2) is 0 Å². The molecule has 0 aliphatic rings. The van der Waals surface area contributed by atoms with E-state index in [0.29, 0.717) is 5.54 Å². The van der Waals surface area contributed by atoms with Gasteiger partial charge in [-0.15, -0.1) is 0 Å². The lowest BCUT2D eigenvalue weighted by molar-refractivity contribution is 0.125. The minimum atomic E-state index is 0.300. The van der Waals surface area contributed by atoms with Crippen LogP contribution in [-0.4, -0.2) is 25.3 Å². The van der Waals surface area contributed by atoms with Crippen LogP contribution in [0.25, 0.3) is 0 Å². The number of ether oxygens (including phenoxy) is 1. The van der Waals surface area contributed by atoms with E-state index in [1.165, 1.54) is 25.7 Å². The van der Waals surface area contributed by atoms with Crippen LogP contribution in [0.1, 0.15) is 53.4 Å². The molecule has 0 unspecified atom stereocenters. The van der Waals surface area contributed by atoms with E-state index in [1.54, 1.807) is 0 Å². The molecule has 2 nitrogen and oxygen atoms in total. The zero-order valence-electron chi connectivity index (χ0n) is 10.4. The summed E-state index contributed by atoms with van der Waals surface area (Å²) in [5.74, 6) is 0. The molecule has 0 aliphatic heterocycles. The van der Waals surface area contributed by atoms with Crippen molar-refractivity contribution in [2.45, 2.75) is 58.9 Å². The van der Waals surface area contributed by atoms with Crippen LogP contribution in [0.2, 0.25) is 0 Å². The molecule has 0 spiro atoms. The summed E-state index contributed by atoms with van der Waals surface area (Å²) < 4.78 is 5.50. The highest BCUT2D eigenvalue weighted by atomic mass is 16.5. The Labute approximate surface area is 89.4 Å². The highest BCUT2D eigenvalue weighted by Crippen LogP contribution is 2.12. The summed E-state index contributed by atoms with van der Waals surface area (Å²) in [5, 5.41) is 3.55. The number of nitrogens with one attached hydrogen (secondary N) is 1. The van der Waals surface area contributed by atoms with Gasteiger partial charge in [-0.2, -0.15) is 0 Å². The van der Waals surface area contributed by atoms with E-state index >= 15 is 0 Å². The summed E-state index contributed by atoms with van der Waals surface area (Å²) in [6.07, 6.45) is 4.75. The van der Waals surface area contributed by atoms with Crippen LogP contribution in [0.4, 0.5) is 0 Å². The number of unbranched alkanes of at least 4 members (excludes halogenated alkanes) is 1. The fraction of sp³-hybridized carbons (Fsp3) is 1.00. The number of hydrogen-bond donors (Lipinski definition) is 1. The SMILES string of the molecule is CCCCOCCNC(C)(CC)CC. The summed E-state index contributed by atoms with van der Waals surface area (Å²) in [5.41, 5.74) is 0.300. The smallest absolute Gasteiger partial charge is 0.0591 e. The molecule has 14 heavy (non-hydrogen) atoms. The van der Waals surface area contributed by atoms with Crippen molar-refractivity contribution in [1.82, 2.24) is 5.32 Å². The predicted molar refractivity (Wildman–Crippen MR) is 62.7 cm³/mol. The first-order chi connectivity index (χ1) is 6.68. The van der Waals surface area contributed by atoms with Crippen LogP contribution in [-0.2, 0) is 4.74 Å². The minimum absolute atomic E-state index is 0.300. The van der Waals surface area contributed by atoms with Gasteiger partial charge in [0.2, 0.25) is 0 Å². The zero-order valence-corrected chi connectivity index (χ0v) is 10.4. The molecule has 0 bridgehead atoms. The van der Waals surface area contributed by atoms with E-state index < -0.39 is 0 Å². The molecule has 0 radical (unpaired) electrons. The Balaban J connectivity index is 3.34. The Morgan fingerprint density at radius 3 is 2.21 bits per heavy atom. The van der Waals surface area contributed by atoms with Crippen molar-refractivity contribution in [1.29, 1.82) is 0 Å². The van der Waals surface area contributed by atoms with Gasteiger partial charge in [0.1, 0.15) is 0 Å². The van der Waals surface area contributed by atoms with Crippen LogP contribution >= 0.6 is 0 Å². The zero-order chi connectivity index (χ0) is 10.9. The third-order valence-electron chi connectivity index (χ3n) is 3.00. The molecule has 0 aromatic heterocycles. The van der Waals surface area contributed by atoms with E-state index in [2.05, 4.69) is 33.0 Å². The van der Waals surface area contributed by atoms with Gasteiger partial charge >= 0.3 is 0 Å². The van der Waals surface area contributed by atoms with Crippen molar-refractivity contribution in [2.75, 3.05) is 19.8 Å². The van der Waals surface area contributed by atoms with Crippen molar-refractivity contribution in [2.24, 2.45) is 0 Å². The second-order valence-electron chi connectivity index (χ2n) is 4.16. The van der Waals surface area contributed by atoms with Crippen LogP contribution < -0.4 is 5.32 Å². The Bertz CT molecular complexity index is 121. The molecule has 0 fully saturated rings. The number of rotatable bonds is 9. The first-order valence-electron chi connectivity index (χ1n) is 6.01. The molecule has 0 saturated heterocycles. The van der Waals surface area contributed by atoms with E-state index in [4.69, 9.17) is 4.74 Å². The molecule has 1 N–H and O–H groups in total. The minimum Gasteiger partial charge on any atom is -0.380 e. The van der Waals surface area contributed by atoms with Gasteiger partial charge in [0.25, 0.3) is 0 Å². The van der Waals surface area contributed by atoms with E-state index in [1.807, 2.05) is 0 Å². The second-order valence-corrected chi connectivity index (χ2v) is 4.16. The molecule has 0 atom stereocenters. The Morgan fingerprint density at radius 1 is 1.07 bits per heavy atom. The maximum atomic E-state index is 5.50. The molecular formula is C12H27NO. The van der Waals surface area contributed by atoms with Gasteiger partial charge in [0.15, 0.2) is 0 Å². The molecule has 0 aromatic rings. The van der Waals surface area contributed by atoms with Gasteiger partial charge in [-0.25, -0.2) is 0 Å². The van der Waals surface area contributed by atoms with Crippen molar-refractivity contribution >= 4 is 0 Å². The standard InChI is InChI=1S/C12H27NO/c1-5-8-10-14-11-9-13-12(4,6-2)7-3/h13H,5-11H2,1-4H3. The summed E-state index contributed by atoms with van der Waals surface area (Å²) in [6.45, 7) is 11.7.